The molecule has 0 radical (unpaired) electrons. The van der Waals surface area contributed by atoms with Gasteiger partial charge in [-0.25, -0.2) is 0 Å². The second-order valence-corrected chi connectivity index (χ2v) is 5.47. The molecule has 0 spiro atoms. The molecule has 1 aliphatic rings. The molecular formula is C17H28IN3O2. The maximum Gasteiger partial charge on any atom is 0.191 e. The minimum atomic E-state index is 0. The first kappa shape index (κ1) is 20.0. The van der Waals surface area contributed by atoms with E-state index in [1.165, 1.54) is 12.0 Å². The zero-order valence-corrected chi connectivity index (χ0v) is 16.3. The van der Waals surface area contributed by atoms with Crippen molar-refractivity contribution in [2.24, 2.45) is 4.99 Å². The molecule has 130 valence electrons. The Kier molecular flexibility index (Phi) is 10.0. The molecule has 2 rings (SSSR count). The summed E-state index contributed by atoms with van der Waals surface area (Å²) in [5.41, 5.74) is 1.29. The summed E-state index contributed by atoms with van der Waals surface area (Å²) in [6.45, 7) is 2.61. The Bertz CT molecular complexity index is 477. The van der Waals surface area contributed by atoms with E-state index in [2.05, 4.69) is 27.8 Å². The van der Waals surface area contributed by atoms with Gasteiger partial charge in [0.1, 0.15) is 5.75 Å². The van der Waals surface area contributed by atoms with Crippen molar-refractivity contribution in [3.8, 4) is 5.75 Å². The lowest BCUT2D eigenvalue weighted by Gasteiger charge is -2.15. The molecule has 0 aliphatic carbocycles. The van der Waals surface area contributed by atoms with E-state index in [-0.39, 0.29) is 24.0 Å². The summed E-state index contributed by atoms with van der Waals surface area (Å²) in [6, 6.07) is 8.22. The zero-order chi connectivity index (χ0) is 15.6. The second kappa shape index (κ2) is 11.5. The molecule has 0 saturated carbocycles. The Morgan fingerprint density at radius 3 is 2.96 bits per heavy atom. The highest BCUT2D eigenvalue weighted by Crippen LogP contribution is 2.13. The van der Waals surface area contributed by atoms with E-state index >= 15 is 0 Å². The first-order chi connectivity index (χ1) is 10.8. The van der Waals surface area contributed by atoms with Crippen molar-refractivity contribution in [1.29, 1.82) is 0 Å². The number of halogens is 1. The van der Waals surface area contributed by atoms with Crippen molar-refractivity contribution in [1.82, 2.24) is 10.6 Å². The number of aliphatic imine (C=N–C) groups is 1. The smallest absolute Gasteiger partial charge is 0.191 e. The van der Waals surface area contributed by atoms with Crippen molar-refractivity contribution in [2.45, 2.75) is 31.8 Å². The summed E-state index contributed by atoms with van der Waals surface area (Å²) in [6.07, 6.45) is 4.70. The van der Waals surface area contributed by atoms with Gasteiger partial charge in [-0.05, 0) is 43.4 Å². The van der Waals surface area contributed by atoms with Crippen LogP contribution in [0.25, 0.3) is 0 Å². The predicted octanol–water partition coefficient (Wildman–Crippen LogP) is 2.59. The summed E-state index contributed by atoms with van der Waals surface area (Å²) in [4.78, 5) is 4.24. The molecule has 1 atom stereocenters. The van der Waals surface area contributed by atoms with Crippen LogP contribution in [0, 0.1) is 0 Å². The van der Waals surface area contributed by atoms with Gasteiger partial charge >= 0.3 is 0 Å². The Morgan fingerprint density at radius 1 is 1.39 bits per heavy atom. The lowest BCUT2D eigenvalue weighted by Crippen LogP contribution is -2.41. The van der Waals surface area contributed by atoms with Crippen LogP contribution in [0.1, 0.15) is 24.8 Å². The molecule has 6 heteroatoms. The minimum absolute atomic E-state index is 0. The third-order valence-corrected chi connectivity index (χ3v) is 3.81. The summed E-state index contributed by atoms with van der Waals surface area (Å²) < 4.78 is 10.8. The molecule has 1 heterocycles. The molecule has 5 nitrogen and oxygen atoms in total. The number of nitrogens with one attached hydrogen (secondary N) is 2. The minimum Gasteiger partial charge on any atom is -0.497 e. The summed E-state index contributed by atoms with van der Waals surface area (Å²) in [5, 5.41) is 6.67. The van der Waals surface area contributed by atoms with Crippen LogP contribution in [0.4, 0.5) is 0 Å². The third-order valence-electron chi connectivity index (χ3n) is 3.81. The molecule has 0 bridgehead atoms. The number of hydrogen-bond donors (Lipinski definition) is 2. The fourth-order valence-electron chi connectivity index (χ4n) is 2.56. The van der Waals surface area contributed by atoms with Gasteiger partial charge in [0.25, 0.3) is 0 Å². The van der Waals surface area contributed by atoms with Gasteiger partial charge < -0.3 is 20.1 Å². The van der Waals surface area contributed by atoms with Gasteiger partial charge in [0.2, 0.25) is 0 Å². The lowest BCUT2D eigenvalue weighted by atomic mass is 10.1. The molecule has 1 fully saturated rings. The highest BCUT2D eigenvalue weighted by atomic mass is 127. The molecule has 23 heavy (non-hydrogen) atoms. The highest BCUT2D eigenvalue weighted by molar-refractivity contribution is 14.0. The number of aryl methyl sites for hydroxylation is 1. The number of rotatable bonds is 7. The Morgan fingerprint density at radius 2 is 2.26 bits per heavy atom. The van der Waals surface area contributed by atoms with Gasteiger partial charge in [0.05, 0.1) is 13.2 Å². The topological polar surface area (TPSA) is 54.9 Å². The fourth-order valence-corrected chi connectivity index (χ4v) is 2.56. The van der Waals surface area contributed by atoms with Crippen LogP contribution >= 0.6 is 24.0 Å². The molecule has 0 amide bonds. The van der Waals surface area contributed by atoms with Gasteiger partial charge in [-0.1, -0.05) is 12.1 Å². The predicted molar refractivity (Wildman–Crippen MR) is 105 cm³/mol. The summed E-state index contributed by atoms with van der Waals surface area (Å²) in [5.74, 6) is 1.76. The van der Waals surface area contributed by atoms with Gasteiger partial charge in [-0.3, -0.25) is 4.99 Å². The maximum absolute atomic E-state index is 5.60. The van der Waals surface area contributed by atoms with Crippen LogP contribution in [-0.2, 0) is 11.2 Å². The highest BCUT2D eigenvalue weighted by Gasteiger charge is 2.15. The zero-order valence-electron chi connectivity index (χ0n) is 14.0. The van der Waals surface area contributed by atoms with E-state index in [0.29, 0.717) is 6.10 Å². The number of hydrogen-bond acceptors (Lipinski definition) is 3. The van der Waals surface area contributed by atoms with E-state index in [9.17, 15) is 0 Å². The number of methoxy groups -OCH3 is 1. The average molecular weight is 433 g/mol. The number of guanidine groups is 1. The molecule has 0 aromatic heterocycles. The monoisotopic (exact) mass is 433 g/mol. The summed E-state index contributed by atoms with van der Waals surface area (Å²) in [7, 11) is 3.50. The van der Waals surface area contributed by atoms with Gasteiger partial charge in [0, 0.05) is 26.7 Å². The first-order valence-electron chi connectivity index (χ1n) is 8.01. The van der Waals surface area contributed by atoms with Crippen molar-refractivity contribution in [3.05, 3.63) is 29.8 Å². The standard InChI is InChI=1S/C17H27N3O2.HI/c1-18-17(20-13-16-9-5-11-22-16)19-10-4-7-14-6-3-8-15(12-14)21-2;/h3,6,8,12,16H,4-5,7,9-11,13H2,1-2H3,(H2,18,19,20);1H. The number of ether oxygens (including phenoxy) is 2. The Labute approximate surface area is 156 Å². The summed E-state index contributed by atoms with van der Waals surface area (Å²) >= 11 is 0. The van der Waals surface area contributed by atoms with Crippen molar-refractivity contribution in [2.75, 3.05) is 33.9 Å². The first-order valence-corrected chi connectivity index (χ1v) is 8.01. The third kappa shape index (κ3) is 7.39. The molecular weight excluding hydrogens is 405 g/mol. The normalized spacial score (nSPS) is 17.5. The van der Waals surface area contributed by atoms with Gasteiger partial charge in [-0.2, -0.15) is 0 Å². The molecule has 1 aliphatic heterocycles. The van der Waals surface area contributed by atoms with E-state index in [0.717, 1.165) is 50.7 Å². The van der Waals surface area contributed by atoms with Gasteiger partial charge in [-0.15, -0.1) is 24.0 Å². The van der Waals surface area contributed by atoms with E-state index in [1.807, 2.05) is 12.1 Å². The molecule has 1 unspecified atom stereocenters. The maximum atomic E-state index is 5.60. The van der Waals surface area contributed by atoms with Crippen LogP contribution in [-0.4, -0.2) is 45.9 Å². The molecule has 2 N–H and O–H groups in total. The average Bonchev–Trinajstić information content (AvgIpc) is 3.08. The molecule has 1 saturated heterocycles. The van der Waals surface area contributed by atoms with Crippen molar-refractivity contribution in [3.63, 3.8) is 0 Å². The largest absolute Gasteiger partial charge is 0.497 e. The van der Waals surface area contributed by atoms with E-state index in [4.69, 9.17) is 9.47 Å². The number of nitrogens with zero attached hydrogens (tertiary/aromatic N) is 1. The Balaban J connectivity index is 0.00000264. The van der Waals surface area contributed by atoms with Crippen molar-refractivity contribution >= 4 is 29.9 Å². The van der Waals surface area contributed by atoms with Crippen LogP contribution in [0.2, 0.25) is 0 Å². The van der Waals surface area contributed by atoms with E-state index < -0.39 is 0 Å². The molecule has 1 aromatic rings. The lowest BCUT2D eigenvalue weighted by molar-refractivity contribution is 0.114. The van der Waals surface area contributed by atoms with Crippen LogP contribution in [0.5, 0.6) is 5.75 Å². The quantitative estimate of drug-likeness (QED) is 0.301. The molecule has 1 aromatic carbocycles. The number of benzene rings is 1. The van der Waals surface area contributed by atoms with Crippen LogP contribution in [0.15, 0.2) is 29.3 Å². The SMILES string of the molecule is CN=C(NCCCc1cccc(OC)c1)NCC1CCCO1.I. The second-order valence-electron chi connectivity index (χ2n) is 5.47. The fraction of sp³-hybridized carbons (Fsp3) is 0.588. The van der Waals surface area contributed by atoms with Crippen molar-refractivity contribution < 1.29 is 9.47 Å². The van der Waals surface area contributed by atoms with Crippen LogP contribution in [0.3, 0.4) is 0 Å². The Hall–Kier alpha value is -1.02. The van der Waals surface area contributed by atoms with E-state index in [1.54, 1.807) is 14.2 Å². The van der Waals surface area contributed by atoms with Crippen LogP contribution < -0.4 is 15.4 Å². The van der Waals surface area contributed by atoms with Gasteiger partial charge in [0.15, 0.2) is 5.96 Å².